The number of aliphatic hydroxyl groups excluding tert-OH is 4. The molecule has 1 heterocycles. The number of hydrogen-bond acceptors (Lipinski definition) is 8. The zero-order valence-electron chi connectivity index (χ0n) is 11.3. The van der Waals surface area contributed by atoms with Crippen LogP contribution in [0, 0.1) is 0 Å². The highest BCUT2D eigenvalue weighted by molar-refractivity contribution is 5.41. The van der Waals surface area contributed by atoms with Crippen molar-refractivity contribution in [1.82, 2.24) is 0 Å². The van der Waals surface area contributed by atoms with E-state index in [4.69, 9.17) is 19.3 Å². The van der Waals surface area contributed by atoms with Crippen LogP contribution in [0.4, 0.5) is 0 Å². The van der Waals surface area contributed by atoms with Crippen LogP contribution >= 0.6 is 0 Å². The van der Waals surface area contributed by atoms with E-state index in [0.29, 0.717) is 5.75 Å². The summed E-state index contributed by atoms with van der Waals surface area (Å²) in [5, 5.41) is 47.8. The maximum absolute atomic E-state index is 9.84. The number of benzene rings is 1. The Bertz CT molecular complexity index is 477. The van der Waals surface area contributed by atoms with E-state index in [1.54, 1.807) is 0 Å². The van der Waals surface area contributed by atoms with Crippen LogP contribution in [0.25, 0.3) is 0 Å². The fourth-order valence-corrected chi connectivity index (χ4v) is 2.04. The van der Waals surface area contributed by atoms with Gasteiger partial charge in [0.15, 0.2) is 0 Å². The van der Waals surface area contributed by atoms with Crippen molar-refractivity contribution in [3.05, 3.63) is 18.2 Å². The smallest absolute Gasteiger partial charge is 0.229 e. The van der Waals surface area contributed by atoms with Gasteiger partial charge in [0, 0.05) is 18.2 Å². The molecular formula is C13H18O8. The van der Waals surface area contributed by atoms with Crippen molar-refractivity contribution in [2.75, 3.05) is 13.7 Å². The molecule has 0 spiro atoms. The lowest BCUT2D eigenvalue weighted by atomic mass is 9.99. The maximum Gasteiger partial charge on any atom is 0.229 e. The number of aromatic hydroxyl groups is 1. The Morgan fingerprint density at radius 3 is 2.33 bits per heavy atom. The normalized spacial score (nSPS) is 32.7. The predicted octanol–water partition coefficient (Wildman–Crippen LogP) is -1.42. The van der Waals surface area contributed by atoms with Gasteiger partial charge in [0.25, 0.3) is 0 Å². The molecule has 1 aromatic rings. The van der Waals surface area contributed by atoms with Crippen LogP contribution in [0.5, 0.6) is 17.2 Å². The molecule has 0 saturated carbocycles. The van der Waals surface area contributed by atoms with Crippen molar-refractivity contribution in [3.63, 3.8) is 0 Å². The second-order valence-corrected chi connectivity index (χ2v) is 4.68. The standard InChI is InChI=1S/C13H18O8/c1-19-7-2-6(15)3-8(4-7)20-13-12(18)11(17)10(16)9(5-14)21-13/h2-4,9-18H,5H2,1H3/t9-,10+,11+,12-,13-/m1/s1. The lowest BCUT2D eigenvalue weighted by Gasteiger charge is -2.39. The monoisotopic (exact) mass is 302 g/mol. The molecule has 1 aliphatic heterocycles. The Hall–Kier alpha value is -1.58. The Morgan fingerprint density at radius 1 is 1.05 bits per heavy atom. The molecule has 21 heavy (non-hydrogen) atoms. The lowest BCUT2D eigenvalue weighted by molar-refractivity contribution is -0.277. The Morgan fingerprint density at radius 2 is 1.71 bits per heavy atom. The summed E-state index contributed by atoms with van der Waals surface area (Å²) in [6.45, 7) is -0.547. The highest BCUT2D eigenvalue weighted by Crippen LogP contribution is 2.30. The number of phenols is 1. The van der Waals surface area contributed by atoms with Gasteiger partial charge in [-0.25, -0.2) is 0 Å². The molecule has 0 amide bonds. The Balaban J connectivity index is 2.16. The summed E-state index contributed by atoms with van der Waals surface area (Å²) in [5.74, 6) is 0.347. The van der Waals surface area contributed by atoms with Crippen LogP contribution in [0.3, 0.4) is 0 Å². The molecular weight excluding hydrogens is 284 g/mol. The molecule has 8 heteroatoms. The van der Waals surface area contributed by atoms with Crippen molar-refractivity contribution in [2.24, 2.45) is 0 Å². The van der Waals surface area contributed by atoms with Gasteiger partial charge in [0.05, 0.1) is 13.7 Å². The van der Waals surface area contributed by atoms with E-state index >= 15 is 0 Å². The molecule has 0 aromatic heterocycles. The molecule has 0 radical (unpaired) electrons. The molecule has 1 aliphatic rings. The average molecular weight is 302 g/mol. The van der Waals surface area contributed by atoms with Gasteiger partial charge in [0.2, 0.25) is 6.29 Å². The average Bonchev–Trinajstić information content (AvgIpc) is 2.47. The molecule has 118 valence electrons. The minimum Gasteiger partial charge on any atom is -0.508 e. The summed E-state index contributed by atoms with van der Waals surface area (Å²) < 4.78 is 15.5. The molecule has 8 nitrogen and oxygen atoms in total. The van der Waals surface area contributed by atoms with E-state index in [2.05, 4.69) is 0 Å². The van der Waals surface area contributed by atoms with Crippen LogP contribution in [0.2, 0.25) is 0 Å². The molecule has 5 N–H and O–H groups in total. The Kier molecular flexibility index (Phi) is 4.86. The predicted molar refractivity (Wildman–Crippen MR) is 69.1 cm³/mol. The minimum absolute atomic E-state index is 0.117. The second-order valence-electron chi connectivity index (χ2n) is 4.68. The summed E-state index contributed by atoms with van der Waals surface area (Å²) >= 11 is 0. The number of phenolic OH excluding ortho intramolecular Hbond substituents is 1. The molecule has 0 bridgehead atoms. The van der Waals surface area contributed by atoms with Gasteiger partial charge in [0.1, 0.15) is 41.7 Å². The molecule has 5 atom stereocenters. The second kappa shape index (κ2) is 6.46. The zero-order valence-corrected chi connectivity index (χ0v) is 11.3. The van der Waals surface area contributed by atoms with Crippen LogP contribution in [-0.2, 0) is 4.74 Å². The largest absolute Gasteiger partial charge is 0.508 e. The van der Waals surface area contributed by atoms with Crippen molar-refractivity contribution in [2.45, 2.75) is 30.7 Å². The maximum atomic E-state index is 9.84. The number of hydrogen-bond donors (Lipinski definition) is 5. The van der Waals surface area contributed by atoms with E-state index < -0.39 is 37.3 Å². The lowest BCUT2D eigenvalue weighted by Crippen LogP contribution is -2.60. The van der Waals surface area contributed by atoms with E-state index in [0.717, 1.165) is 0 Å². The van der Waals surface area contributed by atoms with E-state index in [1.807, 2.05) is 0 Å². The van der Waals surface area contributed by atoms with Gasteiger partial charge in [-0.05, 0) is 0 Å². The van der Waals surface area contributed by atoms with Gasteiger partial charge < -0.3 is 39.7 Å². The van der Waals surface area contributed by atoms with Gasteiger partial charge >= 0.3 is 0 Å². The highest BCUT2D eigenvalue weighted by Gasteiger charge is 2.44. The molecule has 1 aromatic carbocycles. The van der Waals surface area contributed by atoms with Crippen LogP contribution < -0.4 is 9.47 Å². The first-order valence-electron chi connectivity index (χ1n) is 6.31. The molecule has 2 rings (SSSR count). The van der Waals surface area contributed by atoms with Gasteiger partial charge in [-0.1, -0.05) is 0 Å². The van der Waals surface area contributed by atoms with Crippen molar-refractivity contribution in [3.8, 4) is 17.2 Å². The number of ether oxygens (including phenoxy) is 3. The van der Waals surface area contributed by atoms with E-state index in [1.165, 1.54) is 25.3 Å². The third-order valence-corrected chi connectivity index (χ3v) is 3.20. The summed E-state index contributed by atoms with van der Waals surface area (Å²) in [5.41, 5.74) is 0. The van der Waals surface area contributed by atoms with Gasteiger partial charge in [-0.3, -0.25) is 0 Å². The molecule has 0 aliphatic carbocycles. The quantitative estimate of drug-likeness (QED) is 0.458. The third kappa shape index (κ3) is 3.36. The number of methoxy groups -OCH3 is 1. The van der Waals surface area contributed by atoms with Crippen molar-refractivity contribution in [1.29, 1.82) is 0 Å². The first-order valence-corrected chi connectivity index (χ1v) is 6.31. The van der Waals surface area contributed by atoms with Gasteiger partial charge in [-0.15, -0.1) is 0 Å². The summed E-state index contributed by atoms with van der Waals surface area (Å²) in [6.07, 6.45) is -6.88. The SMILES string of the molecule is COc1cc(O)cc(O[C@@H]2O[C@H](CO)[C@H](O)[C@H](O)[C@H]2O)c1. The fourth-order valence-electron chi connectivity index (χ4n) is 2.04. The van der Waals surface area contributed by atoms with Crippen LogP contribution in [0.15, 0.2) is 18.2 Å². The van der Waals surface area contributed by atoms with Gasteiger partial charge in [-0.2, -0.15) is 0 Å². The fraction of sp³-hybridized carbons (Fsp3) is 0.538. The summed E-state index contributed by atoms with van der Waals surface area (Å²) in [4.78, 5) is 0. The minimum atomic E-state index is -1.53. The van der Waals surface area contributed by atoms with Crippen LogP contribution in [-0.4, -0.2) is 70.0 Å². The molecule has 1 saturated heterocycles. The first kappa shape index (κ1) is 15.8. The van der Waals surface area contributed by atoms with Crippen molar-refractivity contribution >= 4 is 0 Å². The highest BCUT2D eigenvalue weighted by atomic mass is 16.7. The number of rotatable bonds is 4. The van der Waals surface area contributed by atoms with Crippen molar-refractivity contribution < 1.29 is 39.7 Å². The summed E-state index contributed by atoms with van der Waals surface area (Å²) in [6, 6.07) is 4.07. The van der Waals surface area contributed by atoms with E-state index in [-0.39, 0.29) is 11.5 Å². The zero-order chi connectivity index (χ0) is 15.6. The molecule has 1 fully saturated rings. The molecule has 0 unspecified atom stereocenters. The van der Waals surface area contributed by atoms with E-state index in [9.17, 15) is 20.4 Å². The number of aliphatic hydroxyl groups is 4. The topological polar surface area (TPSA) is 129 Å². The third-order valence-electron chi connectivity index (χ3n) is 3.20. The Labute approximate surface area is 120 Å². The first-order chi connectivity index (χ1) is 9.96. The summed E-state index contributed by atoms with van der Waals surface area (Å²) in [7, 11) is 1.41. The van der Waals surface area contributed by atoms with Crippen LogP contribution in [0.1, 0.15) is 0 Å².